The molecule has 2 N–H and O–H groups in total. The Hall–Kier alpha value is -2.08. The smallest absolute Gasteiger partial charge is 0.321 e. The molecule has 0 radical (unpaired) electrons. The number of nitrogens with one attached hydrogen (secondary N) is 1. The van der Waals surface area contributed by atoms with E-state index < -0.39 is 6.10 Å². The Balaban J connectivity index is 1.96. The van der Waals surface area contributed by atoms with Crippen molar-refractivity contribution >= 4 is 17.6 Å². The van der Waals surface area contributed by atoms with Crippen molar-refractivity contribution in [1.82, 2.24) is 9.80 Å². The number of β-amino-alcohol motifs (C(OH)–C–C–N with tert-alkyl or cyclic N) is 1. The maximum atomic E-state index is 12.5. The molecule has 1 fully saturated rings. The monoisotopic (exact) mass is 347 g/mol. The van der Waals surface area contributed by atoms with Gasteiger partial charge in [0.15, 0.2) is 0 Å². The fourth-order valence-electron chi connectivity index (χ4n) is 3.08. The van der Waals surface area contributed by atoms with Crippen LogP contribution in [-0.4, -0.2) is 59.1 Å². The fourth-order valence-corrected chi connectivity index (χ4v) is 3.08. The first kappa shape index (κ1) is 19.2. The van der Waals surface area contributed by atoms with Crippen LogP contribution in [0, 0.1) is 0 Å². The Morgan fingerprint density at radius 2 is 1.84 bits per heavy atom. The molecule has 0 bridgehead atoms. The second-order valence-corrected chi connectivity index (χ2v) is 6.54. The SMILES string of the molecule is CCCN(CCC)C(=O)c1ccc(NC(=O)N2CCC[C@@H](O)C2)cc1. The lowest BCUT2D eigenvalue weighted by molar-refractivity contribution is 0.0755. The Bertz CT molecular complexity index is 568. The zero-order chi connectivity index (χ0) is 18.2. The Kier molecular flexibility index (Phi) is 7.25. The topological polar surface area (TPSA) is 72.9 Å². The lowest BCUT2D eigenvalue weighted by atomic mass is 10.1. The predicted octanol–water partition coefficient (Wildman–Crippen LogP) is 2.94. The van der Waals surface area contributed by atoms with Crippen LogP contribution in [-0.2, 0) is 0 Å². The second-order valence-electron chi connectivity index (χ2n) is 6.54. The molecule has 0 aromatic heterocycles. The molecule has 6 heteroatoms. The van der Waals surface area contributed by atoms with Crippen LogP contribution >= 0.6 is 0 Å². The van der Waals surface area contributed by atoms with Gasteiger partial charge in [0, 0.05) is 37.4 Å². The molecule has 6 nitrogen and oxygen atoms in total. The van der Waals surface area contributed by atoms with Gasteiger partial charge in [0.25, 0.3) is 5.91 Å². The molecule has 0 spiro atoms. The quantitative estimate of drug-likeness (QED) is 0.831. The highest BCUT2D eigenvalue weighted by Crippen LogP contribution is 2.15. The van der Waals surface area contributed by atoms with Gasteiger partial charge >= 0.3 is 6.03 Å². The van der Waals surface area contributed by atoms with Gasteiger partial charge in [-0.1, -0.05) is 13.8 Å². The van der Waals surface area contributed by atoms with Crippen molar-refractivity contribution < 1.29 is 14.7 Å². The van der Waals surface area contributed by atoms with Crippen LogP contribution in [0.15, 0.2) is 24.3 Å². The Labute approximate surface area is 149 Å². The van der Waals surface area contributed by atoms with Crippen molar-refractivity contribution in [2.75, 3.05) is 31.5 Å². The molecule has 3 amide bonds. The largest absolute Gasteiger partial charge is 0.391 e. The molecular formula is C19H29N3O3. The highest BCUT2D eigenvalue weighted by molar-refractivity contribution is 5.95. The third kappa shape index (κ3) is 5.46. The molecule has 1 aromatic rings. The lowest BCUT2D eigenvalue weighted by Gasteiger charge is -2.30. The van der Waals surface area contributed by atoms with Gasteiger partial charge < -0.3 is 20.2 Å². The second kappa shape index (κ2) is 9.42. The molecule has 2 rings (SSSR count). The van der Waals surface area contributed by atoms with Crippen LogP contribution in [0.5, 0.6) is 0 Å². The van der Waals surface area contributed by atoms with E-state index in [9.17, 15) is 14.7 Å². The summed E-state index contributed by atoms with van der Waals surface area (Å²) in [7, 11) is 0. The molecule has 1 aliphatic heterocycles. The van der Waals surface area contributed by atoms with Crippen LogP contribution < -0.4 is 5.32 Å². The molecule has 1 aliphatic rings. The first-order chi connectivity index (χ1) is 12.0. The minimum absolute atomic E-state index is 0.0285. The molecule has 1 aromatic carbocycles. The summed E-state index contributed by atoms with van der Waals surface area (Å²) in [6, 6.07) is 6.79. The number of aliphatic hydroxyl groups is 1. The summed E-state index contributed by atoms with van der Waals surface area (Å²) in [5.41, 5.74) is 1.28. The van der Waals surface area contributed by atoms with Gasteiger partial charge in [-0.15, -0.1) is 0 Å². The van der Waals surface area contributed by atoms with Gasteiger partial charge in [-0.25, -0.2) is 4.79 Å². The number of likely N-dealkylation sites (tertiary alicyclic amines) is 1. The molecule has 0 aliphatic carbocycles. The van der Waals surface area contributed by atoms with Crippen LogP contribution in [0.2, 0.25) is 0 Å². The van der Waals surface area contributed by atoms with Crippen LogP contribution in [0.1, 0.15) is 49.9 Å². The zero-order valence-electron chi connectivity index (χ0n) is 15.2. The number of carbonyl (C=O) groups is 2. The summed E-state index contributed by atoms with van der Waals surface area (Å²) >= 11 is 0. The van der Waals surface area contributed by atoms with E-state index in [1.807, 2.05) is 4.90 Å². The van der Waals surface area contributed by atoms with Crippen molar-refractivity contribution in [3.63, 3.8) is 0 Å². The number of amides is 3. The normalized spacial score (nSPS) is 17.2. The standard InChI is InChI=1S/C19H29N3O3/c1-3-11-21(12-4-2)18(24)15-7-9-16(10-8-15)20-19(25)22-13-5-6-17(23)14-22/h7-10,17,23H,3-6,11-14H2,1-2H3,(H,20,25)/t17-/m1/s1. The third-order valence-electron chi connectivity index (χ3n) is 4.34. The van der Waals surface area contributed by atoms with Gasteiger partial charge in [-0.05, 0) is 49.9 Å². The van der Waals surface area contributed by atoms with E-state index in [-0.39, 0.29) is 11.9 Å². The number of piperidine rings is 1. The summed E-state index contributed by atoms with van der Waals surface area (Å²) in [6.45, 7) is 6.65. The van der Waals surface area contributed by atoms with Gasteiger partial charge in [0.2, 0.25) is 0 Å². The van der Waals surface area contributed by atoms with Gasteiger partial charge in [-0.3, -0.25) is 4.79 Å². The highest BCUT2D eigenvalue weighted by Gasteiger charge is 2.22. The molecule has 25 heavy (non-hydrogen) atoms. The Morgan fingerprint density at radius 3 is 2.40 bits per heavy atom. The molecule has 138 valence electrons. The number of carbonyl (C=O) groups excluding carboxylic acids is 2. The summed E-state index contributed by atoms with van der Waals surface area (Å²) in [6.07, 6.45) is 2.98. The van der Waals surface area contributed by atoms with Crippen molar-refractivity contribution in [3.8, 4) is 0 Å². The number of aliphatic hydroxyl groups excluding tert-OH is 1. The fraction of sp³-hybridized carbons (Fsp3) is 0.579. The maximum Gasteiger partial charge on any atom is 0.321 e. The number of hydrogen-bond donors (Lipinski definition) is 2. The van der Waals surface area contributed by atoms with Crippen molar-refractivity contribution in [2.45, 2.75) is 45.6 Å². The number of hydrogen-bond acceptors (Lipinski definition) is 3. The zero-order valence-corrected chi connectivity index (χ0v) is 15.2. The van der Waals surface area contributed by atoms with E-state index in [0.717, 1.165) is 38.8 Å². The van der Waals surface area contributed by atoms with Gasteiger partial charge in [0.05, 0.1) is 6.10 Å². The summed E-state index contributed by atoms with van der Waals surface area (Å²) in [5, 5.41) is 12.5. The first-order valence-electron chi connectivity index (χ1n) is 9.18. The summed E-state index contributed by atoms with van der Waals surface area (Å²) < 4.78 is 0. The summed E-state index contributed by atoms with van der Waals surface area (Å²) in [4.78, 5) is 28.3. The maximum absolute atomic E-state index is 12.5. The average Bonchev–Trinajstić information content (AvgIpc) is 2.61. The number of urea groups is 1. The molecule has 0 saturated carbocycles. The average molecular weight is 347 g/mol. The van der Waals surface area contributed by atoms with Crippen molar-refractivity contribution in [1.29, 1.82) is 0 Å². The van der Waals surface area contributed by atoms with E-state index in [4.69, 9.17) is 0 Å². The summed E-state index contributed by atoms with van der Waals surface area (Å²) in [5.74, 6) is 0.0285. The highest BCUT2D eigenvalue weighted by atomic mass is 16.3. The van der Waals surface area contributed by atoms with Gasteiger partial charge in [0.1, 0.15) is 0 Å². The van der Waals surface area contributed by atoms with Crippen LogP contribution in [0.4, 0.5) is 10.5 Å². The van der Waals surface area contributed by atoms with E-state index in [1.54, 1.807) is 29.2 Å². The number of rotatable bonds is 6. The van der Waals surface area contributed by atoms with E-state index >= 15 is 0 Å². The first-order valence-corrected chi connectivity index (χ1v) is 9.18. The van der Waals surface area contributed by atoms with Crippen LogP contribution in [0.3, 0.4) is 0 Å². The minimum atomic E-state index is -0.442. The molecule has 0 unspecified atom stereocenters. The molecule has 1 saturated heterocycles. The number of nitrogens with zero attached hydrogens (tertiary/aromatic N) is 2. The van der Waals surface area contributed by atoms with Crippen molar-refractivity contribution in [2.24, 2.45) is 0 Å². The third-order valence-corrected chi connectivity index (χ3v) is 4.34. The predicted molar refractivity (Wildman–Crippen MR) is 98.8 cm³/mol. The van der Waals surface area contributed by atoms with E-state index in [2.05, 4.69) is 19.2 Å². The number of anilines is 1. The van der Waals surface area contributed by atoms with Crippen LogP contribution in [0.25, 0.3) is 0 Å². The lowest BCUT2D eigenvalue weighted by Crippen LogP contribution is -2.44. The van der Waals surface area contributed by atoms with Gasteiger partial charge in [-0.2, -0.15) is 0 Å². The molecular weight excluding hydrogens is 318 g/mol. The van der Waals surface area contributed by atoms with E-state index in [0.29, 0.717) is 24.3 Å². The van der Waals surface area contributed by atoms with Crippen molar-refractivity contribution in [3.05, 3.63) is 29.8 Å². The molecule has 1 heterocycles. The van der Waals surface area contributed by atoms with E-state index in [1.165, 1.54) is 0 Å². The number of benzene rings is 1. The Morgan fingerprint density at radius 1 is 1.20 bits per heavy atom. The molecule has 1 atom stereocenters. The minimum Gasteiger partial charge on any atom is -0.391 e.